The number of methoxy groups -OCH3 is 2. The lowest BCUT2D eigenvalue weighted by molar-refractivity contribution is -0.120. The van der Waals surface area contributed by atoms with Crippen molar-refractivity contribution in [1.82, 2.24) is 4.31 Å². The summed E-state index contributed by atoms with van der Waals surface area (Å²) in [5.41, 5.74) is 1.77. The highest BCUT2D eigenvalue weighted by Crippen LogP contribution is 2.30. The second-order valence-electron chi connectivity index (χ2n) is 7.64. The number of nitrogens with one attached hydrogen (secondary N) is 1. The molecule has 1 fully saturated rings. The largest absolute Gasteiger partial charge is 0.493 e. The van der Waals surface area contributed by atoms with Crippen LogP contribution in [0.4, 0.5) is 5.69 Å². The first-order valence-electron chi connectivity index (χ1n) is 10.5. The van der Waals surface area contributed by atoms with E-state index < -0.39 is 10.0 Å². The van der Waals surface area contributed by atoms with Gasteiger partial charge in [-0.3, -0.25) is 4.79 Å². The third-order valence-electron chi connectivity index (χ3n) is 5.58. The van der Waals surface area contributed by atoms with Crippen LogP contribution in [0.5, 0.6) is 11.5 Å². The molecule has 0 bridgehead atoms. The molecule has 2 aromatic carbocycles. The molecule has 0 unspecified atom stereocenters. The van der Waals surface area contributed by atoms with Gasteiger partial charge in [-0.1, -0.05) is 30.3 Å². The van der Waals surface area contributed by atoms with Gasteiger partial charge >= 0.3 is 0 Å². The smallest absolute Gasteiger partial charge is 0.227 e. The van der Waals surface area contributed by atoms with Gasteiger partial charge in [-0.15, -0.1) is 0 Å². The highest BCUT2D eigenvalue weighted by atomic mass is 32.2. The van der Waals surface area contributed by atoms with Crippen molar-refractivity contribution in [1.29, 1.82) is 0 Å². The Morgan fingerprint density at radius 3 is 2.35 bits per heavy atom. The molecular weight excluding hydrogens is 416 g/mol. The number of carbonyl (C=O) groups excluding carboxylic acids is 1. The highest BCUT2D eigenvalue weighted by Gasteiger charge is 2.30. The van der Waals surface area contributed by atoms with E-state index in [2.05, 4.69) is 5.32 Å². The molecule has 1 N–H and O–H groups in total. The average molecular weight is 447 g/mol. The minimum absolute atomic E-state index is 0.103. The molecule has 0 aromatic heterocycles. The summed E-state index contributed by atoms with van der Waals surface area (Å²) in [5, 5.41) is 2.90. The Morgan fingerprint density at radius 2 is 1.71 bits per heavy atom. The van der Waals surface area contributed by atoms with Crippen LogP contribution in [-0.4, -0.2) is 51.7 Å². The molecule has 1 amide bonds. The van der Waals surface area contributed by atoms with Crippen LogP contribution >= 0.6 is 0 Å². The van der Waals surface area contributed by atoms with Crippen LogP contribution in [0.25, 0.3) is 0 Å². The molecule has 3 rings (SSSR count). The van der Waals surface area contributed by atoms with Gasteiger partial charge in [-0.25, -0.2) is 12.7 Å². The molecule has 0 atom stereocenters. The number of anilines is 1. The van der Waals surface area contributed by atoms with E-state index in [0.29, 0.717) is 49.5 Å². The lowest BCUT2D eigenvalue weighted by Gasteiger charge is -2.30. The first-order chi connectivity index (χ1) is 14.9. The second kappa shape index (κ2) is 10.6. The fourth-order valence-corrected chi connectivity index (χ4v) is 5.32. The Balaban J connectivity index is 1.48. The van der Waals surface area contributed by atoms with Crippen LogP contribution < -0.4 is 14.8 Å². The van der Waals surface area contributed by atoms with Crippen molar-refractivity contribution in [2.45, 2.75) is 25.7 Å². The minimum Gasteiger partial charge on any atom is -0.493 e. The number of rotatable bonds is 9. The van der Waals surface area contributed by atoms with Gasteiger partial charge in [0.25, 0.3) is 0 Å². The van der Waals surface area contributed by atoms with Gasteiger partial charge in [0.05, 0.1) is 20.0 Å². The molecular formula is C23H30N2O5S. The van der Waals surface area contributed by atoms with E-state index in [9.17, 15) is 13.2 Å². The van der Waals surface area contributed by atoms with Crippen molar-refractivity contribution >= 4 is 21.6 Å². The Bertz CT molecular complexity index is 971. The number of sulfonamides is 1. The summed E-state index contributed by atoms with van der Waals surface area (Å²) in [6.07, 6.45) is 2.35. The quantitative estimate of drug-likeness (QED) is 0.639. The fraction of sp³-hybridized carbons (Fsp3) is 0.435. The Hall–Kier alpha value is -2.58. The molecule has 168 valence electrons. The number of ether oxygens (including phenoxy) is 2. The van der Waals surface area contributed by atoms with Crippen molar-refractivity contribution in [2.75, 3.05) is 38.4 Å². The van der Waals surface area contributed by atoms with E-state index in [4.69, 9.17) is 9.47 Å². The summed E-state index contributed by atoms with van der Waals surface area (Å²) in [7, 11) is -0.211. The molecule has 0 aliphatic carbocycles. The zero-order chi connectivity index (χ0) is 22.3. The predicted octanol–water partition coefficient (Wildman–Crippen LogP) is 3.32. The second-order valence-corrected chi connectivity index (χ2v) is 9.73. The molecule has 1 aliphatic rings. The maximum atomic E-state index is 12.7. The number of piperidine rings is 1. The third-order valence-corrected chi connectivity index (χ3v) is 7.54. The van der Waals surface area contributed by atoms with E-state index in [-0.39, 0.29) is 17.6 Å². The number of carbonyl (C=O) groups is 1. The van der Waals surface area contributed by atoms with Gasteiger partial charge in [0.15, 0.2) is 11.5 Å². The zero-order valence-electron chi connectivity index (χ0n) is 18.0. The van der Waals surface area contributed by atoms with Crippen molar-refractivity contribution in [3.8, 4) is 11.5 Å². The van der Waals surface area contributed by atoms with Crippen LogP contribution in [0.15, 0.2) is 48.5 Å². The predicted molar refractivity (Wildman–Crippen MR) is 121 cm³/mol. The summed E-state index contributed by atoms with van der Waals surface area (Å²) < 4.78 is 37.3. The van der Waals surface area contributed by atoms with Gasteiger partial charge in [0.2, 0.25) is 15.9 Å². The van der Waals surface area contributed by atoms with Crippen LogP contribution in [-0.2, 0) is 21.2 Å². The average Bonchev–Trinajstić information content (AvgIpc) is 2.79. The molecule has 0 spiro atoms. The molecule has 7 nitrogen and oxygen atoms in total. The molecule has 0 radical (unpaired) electrons. The molecule has 1 heterocycles. The molecule has 1 saturated heterocycles. The molecule has 8 heteroatoms. The van der Waals surface area contributed by atoms with Gasteiger partial charge in [0.1, 0.15) is 0 Å². The Kier molecular flexibility index (Phi) is 7.92. The molecule has 31 heavy (non-hydrogen) atoms. The van der Waals surface area contributed by atoms with Crippen molar-refractivity contribution in [3.05, 3.63) is 54.1 Å². The maximum Gasteiger partial charge on any atom is 0.227 e. The number of benzene rings is 2. The summed E-state index contributed by atoms with van der Waals surface area (Å²) in [6, 6.07) is 15.1. The normalized spacial score (nSPS) is 15.4. The van der Waals surface area contributed by atoms with E-state index in [1.807, 2.05) is 30.3 Å². The van der Waals surface area contributed by atoms with Gasteiger partial charge < -0.3 is 14.8 Å². The van der Waals surface area contributed by atoms with E-state index in [1.54, 1.807) is 32.4 Å². The Labute approximate surface area is 184 Å². The standard InChI is InChI=1S/C23H30N2O5S/c1-29-21-11-10-20(17-22(21)30-2)24-23(26)19-12-14-25(15-13-19)31(27,28)16-6-9-18-7-4-3-5-8-18/h3-5,7-8,10-11,17,19H,6,9,12-16H2,1-2H3,(H,24,26). The van der Waals surface area contributed by atoms with E-state index >= 15 is 0 Å². The lowest BCUT2D eigenvalue weighted by atomic mass is 9.97. The monoisotopic (exact) mass is 446 g/mol. The molecule has 1 aliphatic heterocycles. The first-order valence-corrected chi connectivity index (χ1v) is 12.1. The van der Waals surface area contributed by atoms with Crippen molar-refractivity contribution in [2.24, 2.45) is 5.92 Å². The van der Waals surface area contributed by atoms with Gasteiger partial charge in [0, 0.05) is 30.8 Å². The number of amides is 1. The maximum absolute atomic E-state index is 12.7. The number of nitrogens with zero attached hydrogens (tertiary/aromatic N) is 1. The summed E-state index contributed by atoms with van der Waals surface area (Å²) in [6.45, 7) is 0.745. The van der Waals surface area contributed by atoms with Crippen LogP contribution in [0.2, 0.25) is 0 Å². The summed E-state index contributed by atoms with van der Waals surface area (Å²) in [5.74, 6) is 0.935. The van der Waals surface area contributed by atoms with Gasteiger partial charge in [-0.05, 0) is 43.4 Å². The van der Waals surface area contributed by atoms with E-state index in [1.165, 1.54) is 4.31 Å². The number of aryl methyl sites for hydroxylation is 1. The zero-order valence-corrected chi connectivity index (χ0v) is 18.9. The van der Waals surface area contributed by atoms with Crippen LogP contribution in [0, 0.1) is 5.92 Å². The van der Waals surface area contributed by atoms with Crippen LogP contribution in [0.1, 0.15) is 24.8 Å². The molecule has 0 saturated carbocycles. The number of hydrogen-bond acceptors (Lipinski definition) is 5. The fourth-order valence-electron chi connectivity index (χ4n) is 3.79. The summed E-state index contributed by atoms with van der Waals surface area (Å²) in [4.78, 5) is 12.7. The van der Waals surface area contributed by atoms with Crippen molar-refractivity contribution < 1.29 is 22.7 Å². The van der Waals surface area contributed by atoms with Crippen molar-refractivity contribution in [3.63, 3.8) is 0 Å². The third kappa shape index (κ3) is 6.21. The highest BCUT2D eigenvalue weighted by molar-refractivity contribution is 7.89. The van der Waals surface area contributed by atoms with Crippen LogP contribution in [0.3, 0.4) is 0 Å². The lowest BCUT2D eigenvalue weighted by Crippen LogP contribution is -2.42. The number of hydrogen-bond donors (Lipinski definition) is 1. The summed E-state index contributed by atoms with van der Waals surface area (Å²) >= 11 is 0. The minimum atomic E-state index is -3.31. The SMILES string of the molecule is COc1ccc(NC(=O)C2CCN(S(=O)(=O)CCCc3ccccc3)CC2)cc1OC. The topological polar surface area (TPSA) is 84.9 Å². The van der Waals surface area contributed by atoms with E-state index in [0.717, 1.165) is 12.0 Å². The Morgan fingerprint density at radius 1 is 1.03 bits per heavy atom. The first kappa shape index (κ1) is 23.1. The van der Waals surface area contributed by atoms with Gasteiger partial charge in [-0.2, -0.15) is 0 Å². The molecule has 2 aromatic rings.